The highest BCUT2D eigenvalue weighted by molar-refractivity contribution is 9.10. The van der Waals surface area contributed by atoms with E-state index in [1.165, 1.54) is 18.4 Å². The van der Waals surface area contributed by atoms with E-state index in [1.807, 2.05) is 19.1 Å². The molecule has 0 heterocycles. The second-order valence-corrected chi connectivity index (χ2v) is 5.34. The van der Waals surface area contributed by atoms with Gasteiger partial charge in [-0.15, -0.1) is 6.42 Å². The lowest BCUT2D eigenvalue weighted by Gasteiger charge is -2.14. The van der Waals surface area contributed by atoms with Crippen molar-refractivity contribution in [3.05, 3.63) is 22.2 Å². The topological polar surface area (TPSA) is 30.5 Å². The number of nitrogens with one attached hydrogen (secondary N) is 1. The van der Waals surface area contributed by atoms with Crippen LogP contribution in [0.1, 0.15) is 25.3 Å². The van der Waals surface area contributed by atoms with E-state index in [0.29, 0.717) is 18.4 Å². The SMILES string of the molecule is C#CCOc1c(Br)cc(CNC2CC2)cc1OCC. The summed E-state index contributed by atoms with van der Waals surface area (Å²) in [6.45, 7) is 3.63. The van der Waals surface area contributed by atoms with Gasteiger partial charge in [0.15, 0.2) is 11.5 Å². The molecule has 1 aliphatic rings. The minimum Gasteiger partial charge on any atom is -0.490 e. The normalized spacial score (nSPS) is 13.9. The van der Waals surface area contributed by atoms with Crippen LogP contribution in [0.4, 0.5) is 0 Å². The van der Waals surface area contributed by atoms with E-state index in [-0.39, 0.29) is 6.61 Å². The molecule has 1 N–H and O–H groups in total. The highest BCUT2D eigenvalue weighted by atomic mass is 79.9. The zero-order chi connectivity index (χ0) is 13.7. The second kappa shape index (κ2) is 6.83. The molecule has 0 radical (unpaired) electrons. The molecular weight excluding hydrogens is 306 g/mol. The van der Waals surface area contributed by atoms with Crippen molar-refractivity contribution >= 4 is 15.9 Å². The van der Waals surface area contributed by atoms with E-state index in [2.05, 4.69) is 27.2 Å². The van der Waals surface area contributed by atoms with Gasteiger partial charge in [-0.1, -0.05) is 5.92 Å². The van der Waals surface area contributed by atoms with Crippen molar-refractivity contribution < 1.29 is 9.47 Å². The van der Waals surface area contributed by atoms with Crippen LogP contribution in [-0.4, -0.2) is 19.3 Å². The molecule has 0 atom stereocenters. The van der Waals surface area contributed by atoms with Crippen LogP contribution in [0.2, 0.25) is 0 Å². The van der Waals surface area contributed by atoms with Crippen LogP contribution in [0.3, 0.4) is 0 Å². The van der Waals surface area contributed by atoms with Crippen LogP contribution in [0, 0.1) is 12.3 Å². The molecule has 0 aliphatic heterocycles. The number of ether oxygens (including phenoxy) is 2. The lowest BCUT2D eigenvalue weighted by molar-refractivity contribution is 0.297. The Balaban J connectivity index is 2.14. The van der Waals surface area contributed by atoms with Crippen LogP contribution in [-0.2, 0) is 6.54 Å². The van der Waals surface area contributed by atoms with Crippen molar-refractivity contribution in [3.8, 4) is 23.8 Å². The molecule has 0 bridgehead atoms. The molecule has 1 saturated carbocycles. The molecular formula is C15H18BrNO2. The maximum Gasteiger partial charge on any atom is 0.176 e. The lowest BCUT2D eigenvalue weighted by atomic mass is 10.2. The van der Waals surface area contributed by atoms with Gasteiger partial charge >= 0.3 is 0 Å². The molecule has 0 unspecified atom stereocenters. The van der Waals surface area contributed by atoms with Gasteiger partial charge in [0.2, 0.25) is 0 Å². The molecule has 1 fully saturated rings. The van der Waals surface area contributed by atoms with E-state index < -0.39 is 0 Å². The van der Waals surface area contributed by atoms with Crippen LogP contribution >= 0.6 is 15.9 Å². The Kier molecular flexibility index (Phi) is 5.12. The van der Waals surface area contributed by atoms with Crippen molar-refractivity contribution in [1.29, 1.82) is 0 Å². The van der Waals surface area contributed by atoms with Crippen molar-refractivity contribution in [2.24, 2.45) is 0 Å². The molecule has 2 rings (SSSR count). The zero-order valence-corrected chi connectivity index (χ0v) is 12.6. The summed E-state index contributed by atoms with van der Waals surface area (Å²) in [5, 5.41) is 3.48. The van der Waals surface area contributed by atoms with Crippen molar-refractivity contribution in [2.45, 2.75) is 32.4 Å². The highest BCUT2D eigenvalue weighted by Crippen LogP contribution is 2.37. The van der Waals surface area contributed by atoms with E-state index >= 15 is 0 Å². The van der Waals surface area contributed by atoms with E-state index in [4.69, 9.17) is 15.9 Å². The van der Waals surface area contributed by atoms with Gasteiger partial charge in [0.1, 0.15) is 6.61 Å². The average Bonchev–Trinajstić information content (AvgIpc) is 3.20. The highest BCUT2D eigenvalue weighted by Gasteiger charge is 2.20. The number of hydrogen-bond acceptors (Lipinski definition) is 3. The molecule has 4 heteroatoms. The van der Waals surface area contributed by atoms with Crippen LogP contribution < -0.4 is 14.8 Å². The van der Waals surface area contributed by atoms with E-state index in [0.717, 1.165) is 16.8 Å². The van der Waals surface area contributed by atoms with Gasteiger partial charge in [0.05, 0.1) is 11.1 Å². The average molecular weight is 324 g/mol. The van der Waals surface area contributed by atoms with Gasteiger partial charge in [-0.25, -0.2) is 0 Å². The maximum absolute atomic E-state index is 5.63. The summed E-state index contributed by atoms with van der Waals surface area (Å²) in [4.78, 5) is 0. The smallest absolute Gasteiger partial charge is 0.176 e. The van der Waals surface area contributed by atoms with E-state index in [1.54, 1.807) is 0 Å². The monoisotopic (exact) mass is 323 g/mol. The molecule has 19 heavy (non-hydrogen) atoms. The predicted octanol–water partition coefficient (Wildman–Crippen LogP) is 3.11. The first-order valence-corrected chi connectivity index (χ1v) is 7.28. The third-order valence-corrected chi connectivity index (χ3v) is 3.43. The van der Waals surface area contributed by atoms with Crippen LogP contribution in [0.15, 0.2) is 16.6 Å². The summed E-state index contributed by atoms with van der Waals surface area (Å²) in [6.07, 6.45) is 7.79. The first-order chi connectivity index (χ1) is 9.24. The maximum atomic E-state index is 5.63. The Morgan fingerprint density at radius 3 is 2.84 bits per heavy atom. The number of halogens is 1. The minimum absolute atomic E-state index is 0.234. The van der Waals surface area contributed by atoms with Gasteiger partial charge in [0, 0.05) is 12.6 Å². The van der Waals surface area contributed by atoms with Crippen molar-refractivity contribution in [1.82, 2.24) is 5.32 Å². The second-order valence-electron chi connectivity index (χ2n) is 4.49. The Labute approximate surface area is 122 Å². The quantitative estimate of drug-likeness (QED) is 0.782. The van der Waals surface area contributed by atoms with Gasteiger partial charge in [-0.05, 0) is 53.4 Å². The first kappa shape index (κ1) is 14.2. The molecule has 102 valence electrons. The van der Waals surface area contributed by atoms with Gasteiger partial charge in [-0.3, -0.25) is 0 Å². The standard InChI is InChI=1S/C15H18BrNO2/c1-3-7-19-15-13(16)8-11(9-14(15)18-4-2)10-17-12-5-6-12/h1,8-9,12,17H,4-7,10H2,2H3. The fraction of sp³-hybridized carbons (Fsp3) is 0.467. The number of terminal acetylenes is 1. The van der Waals surface area contributed by atoms with E-state index in [9.17, 15) is 0 Å². The summed E-state index contributed by atoms with van der Waals surface area (Å²) in [7, 11) is 0. The van der Waals surface area contributed by atoms with Crippen LogP contribution in [0.5, 0.6) is 11.5 Å². The summed E-state index contributed by atoms with van der Waals surface area (Å²) < 4.78 is 12.0. The largest absolute Gasteiger partial charge is 0.490 e. The predicted molar refractivity (Wildman–Crippen MR) is 79.5 cm³/mol. The molecule has 3 nitrogen and oxygen atoms in total. The number of benzene rings is 1. The third kappa shape index (κ3) is 4.15. The minimum atomic E-state index is 0.234. The Bertz CT molecular complexity index is 478. The summed E-state index contributed by atoms with van der Waals surface area (Å²) >= 11 is 3.52. The molecule has 0 saturated heterocycles. The molecule has 0 spiro atoms. The van der Waals surface area contributed by atoms with Gasteiger partial charge in [-0.2, -0.15) is 0 Å². The number of hydrogen-bond donors (Lipinski definition) is 1. The fourth-order valence-electron chi connectivity index (χ4n) is 1.79. The molecule has 1 aromatic rings. The first-order valence-electron chi connectivity index (χ1n) is 6.49. The summed E-state index contributed by atoms with van der Waals surface area (Å²) in [5.41, 5.74) is 1.18. The van der Waals surface area contributed by atoms with Crippen LogP contribution in [0.25, 0.3) is 0 Å². The van der Waals surface area contributed by atoms with Gasteiger partial charge < -0.3 is 14.8 Å². The number of rotatable bonds is 7. The zero-order valence-electron chi connectivity index (χ0n) is 11.0. The Morgan fingerprint density at radius 1 is 1.42 bits per heavy atom. The lowest BCUT2D eigenvalue weighted by Crippen LogP contribution is -2.15. The summed E-state index contributed by atoms with van der Waals surface area (Å²) in [5.74, 6) is 3.88. The third-order valence-electron chi connectivity index (χ3n) is 2.84. The summed E-state index contributed by atoms with van der Waals surface area (Å²) in [6, 6.07) is 4.74. The Hall–Kier alpha value is -1.18. The molecule has 1 aliphatic carbocycles. The molecule has 1 aromatic carbocycles. The molecule has 0 amide bonds. The fourth-order valence-corrected chi connectivity index (χ4v) is 2.39. The van der Waals surface area contributed by atoms with Crippen molar-refractivity contribution in [3.63, 3.8) is 0 Å². The van der Waals surface area contributed by atoms with Crippen molar-refractivity contribution in [2.75, 3.05) is 13.2 Å². The Morgan fingerprint density at radius 2 is 2.21 bits per heavy atom. The van der Waals surface area contributed by atoms with Gasteiger partial charge in [0.25, 0.3) is 0 Å². The molecule has 0 aromatic heterocycles.